The molecule has 1 aliphatic rings. The standard InChI is InChI=1S/C24H25ClN4O7.CO2/c1-2-24(34)17(12-35-16(22(32)33)11-14-7-4-3-5-8-14)36-21(19(24)31)29-13-26-18-15(9-6-10-30)27-23(25)28-20(18)29;2-1-3/h1,3-5,7-8,13,16-17,19,21,30-31,34H,6,9-12H2,(H,32,33);/t16?,17-,19+,21-,24-;/m1./s1. The van der Waals surface area contributed by atoms with Gasteiger partial charge < -0.3 is 29.9 Å². The topological polar surface area (TPSA) is 194 Å². The zero-order valence-corrected chi connectivity index (χ0v) is 21.1. The van der Waals surface area contributed by atoms with Crippen LogP contribution in [0.25, 0.3) is 11.2 Å². The van der Waals surface area contributed by atoms with Crippen LogP contribution in [0.1, 0.15) is 23.9 Å². The first kappa shape index (κ1) is 29.8. The fourth-order valence-electron chi connectivity index (χ4n) is 4.12. The lowest BCUT2D eigenvalue weighted by molar-refractivity contribution is -0.191. The molecule has 39 heavy (non-hydrogen) atoms. The number of carboxylic acid groups (broad SMARTS) is 1. The number of aromatic nitrogens is 4. The third kappa shape index (κ3) is 6.65. The van der Waals surface area contributed by atoms with E-state index >= 15 is 0 Å². The molecule has 1 aliphatic heterocycles. The number of rotatable bonds is 10. The molecule has 1 fully saturated rings. The molecular weight excluding hydrogens is 536 g/mol. The molecule has 1 unspecified atom stereocenters. The number of fused-ring (bicyclic) bond motifs is 1. The summed E-state index contributed by atoms with van der Waals surface area (Å²) in [5, 5.41) is 40.7. The summed E-state index contributed by atoms with van der Waals surface area (Å²) >= 11 is 6.08. The first-order chi connectivity index (χ1) is 18.7. The van der Waals surface area contributed by atoms with Crippen molar-refractivity contribution in [3.63, 3.8) is 0 Å². The van der Waals surface area contributed by atoms with Crippen molar-refractivity contribution < 1.29 is 44.3 Å². The highest BCUT2D eigenvalue weighted by Crippen LogP contribution is 2.38. The zero-order chi connectivity index (χ0) is 28.6. The summed E-state index contributed by atoms with van der Waals surface area (Å²) in [6, 6.07) is 8.93. The van der Waals surface area contributed by atoms with Gasteiger partial charge in [0.25, 0.3) is 0 Å². The first-order valence-corrected chi connectivity index (χ1v) is 12.0. The number of imidazole rings is 1. The highest BCUT2D eigenvalue weighted by Gasteiger charge is 2.56. The Morgan fingerprint density at radius 2 is 1.97 bits per heavy atom. The lowest BCUT2D eigenvalue weighted by Gasteiger charge is -2.26. The molecule has 3 heterocycles. The van der Waals surface area contributed by atoms with E-state index in [2.05, 4.69) is 20.9 Å². The molecule has 4 N–H and O–H groups in total. The Balaban J connectivity index is 0.00000134. The Hall–Kier alpha value is -3.73. The molecule has 1 saturated heterocycles. The summed E-state index contributed by atoms with van der Waals surface area (Å²) in [5.41, 5.74) is -0.307. The Kier molecular flexibility index (Phi) is 10.2. The van der Waals surface area contributed by atoms with Crippen molar-refractivity contribution in [1.29, 1.82) is 0 Å². The number of hydrogen-bond donors (Lipinski definition) is 4. The quantitative estimate of drug-likeness (QED) is 0.194. The molecule has 4 rings (SSSR count). The second-order valence-corrected chi connectivity index (χ2v) is 8.79. The van der Waals surface area contributed by atoms with Crippen LogP contribution in [0.15, 0.2) is 36.7 Å². The number of terminal acetylenes is 1. The average Bonchev–Trinajstić information content (AvgIpc) is 3.44. The van der Waals surface area contributed by atoms with Gasteiger partial charge in [0.15, 0.2) is 23.6 Å². The molecule has 1 aromatic carbocycles. The van der Waals surface area contributed by atoms with Crippen LogP contribution in [0.5, 0.6) is 0 Å². The van der Waals surface area contributed by atoms with Crippen molar-refractivity contribution in [2.24, 2.45) is 0 Å². The van der Waals surface area contributed by atoms with Crippen LogP contribution in [0.3, 0.4) is 0 Å². The van der Waals surface area contributed by atoms with Crippen molar-refractivity contribution in [2.75, 3.05) is 13.2 Å². The maximum Gasteiger partial charge on any atom is 0.373 e. The number of aliphatic carboxylic acids is 1. The molecule has 0 amide bonds. The molecule has 5 atom stereocenters. The number of aryl methyl sites for hydroxylation is 1. The fraction of sp³-hybridized carbons (Fsp3) is 0.400. The fourth-order valence-corrected chi connectivity index (χ4v) is 4.30. The molecule has 0 bridgehead atoms. The predicted molar refractivity (Wildman–Crippen MR) is 132 cm³/mol. The van der Waals surface area contributed by atoms with Crippen LogP contribution >= 0.6 is 11.6 Å². The molecule has 206 valence electrons. The summed E-state index contributed by atoms with van der Waals surface area (Å²) in [6.07, 6.45) is 2.73. The van der Waals surface area contributed by atoms with Gasteiger partial charge in [0.1, 0.15) is 17.7 Å². The van der Waals surface area contributed by atoms with Gasteiger partial charge in [0, 0.05) is 13.0 Å². The van der Waals surface area contributed by atoms with Crippen molar-refractivity contribution in [3.8, 4) is 12.3 Å². The number of nitrogens with zero attached hydrogens (tertiary/aromatic N) is 4. The minimum atomic E-state index is -2.19. The number of aliphatic hydroxyl groups is 3. The van der Waals surface area contributed by atoms with Crippen molar-refractivity contribution in [2.45, 2.75) is 49.4 Å². The number of carboxylic acids is 1. The third-order valence-electron chi connectivity index (χ3n) is 6.05. The molecule has 0 aliphatic carbocycles. The molecule has 3 aromatic rings. The second-order valence-electron chi connectivity index (χ2n) is 8.45. The summed E-state index contributed by atoms with van der Waals surface area (Å²) in [7, 11) is 0. The molecule has 14 heteroatoms. The number of aliphatic hydroxyl groups excluding tert-OH is 2. The molecular formula is C25H25ClN4O9. The number of ether oxygens (including phenoxy) is 2. The maximum atomic E-state index is 11.8. The van der Waals surface area contributed by atoms with Crippen LogP contribution in [0.4, 0.5) is 0 Å². The second kappa shape index (κ2) is 13.4. The Morgan fingerprint density at radius 1 is 1.28 bits per heavy atom. The molecule has 0 saturated carbocycles. The normalized spacial score (nSPS) is 22.9. The van der Waals surface area contributed by atoms with E-state index in [4.69, 9.17) is 42.2 Å². The first-order valence-electron chi connectivity index (χ1n) is 11.6. The molecule has 2 aromatic heterocycles. The highest BCUT2D eigenvalue weighted by atomic mass is 35.5. The van der Waals surface area contributed by atoms with Gasteiger partial charge in [-0.25, -0.2) is 14.8 Å². The third-order valence-corrected chi connectivity index (χ3v) is 6.22. The number of carbonyl (C=O) groups is 1. The SMILES string of the molecule is C#C[C@@]1(O)[C@@H](COC(Cc2ccccc2)C(=O)O)O[C@@H](n2cnc3c(CCCO)nc(Cl)nc32)[C@@H]1O.O=C=O. The highest BCUT2D eigenvalue weighted by molar-refractivity contribution is 6.28. The number of halogens is 1. The Labute approximate surface area is 227 Å². The summed E-state index contributed by atoms with van der Waals surface area (Å²) in [6.45, 7) is -0.449. The van der Waals surface area contributed by atoms with E-state index in [-0.39, 0.29) is 30.1 Å². The van der Waals surface area contributed by atoms with E-state index in [0.717, 1.165) is 5.56 Å². The van der Waals surface area contributed by atoms with Gasteiger partial charge in [-0.1, -0.05) is 36.3 Å². The van der Waals surface area contributed by atoms with Crippen molar-refractivity contribution >= 4 is 34.9 Å². The van der Waals surface area contributed by atoms with E-state index in [9.17, 15) is 20.1 Å². The largest absolute Gasteiger partial charge is 0.479 e. The van der Waals surface area contributed by atoms with Gasteiger partial charge in [0.2, 0.25) is 5.28 Å². The minimum absolute atomic E-state index is 0.0488. The Morgan fingerprint density at radius 3 is 2.59 bits per heavy atom. The number of benzene rings is 1. The van der Waals surface area contributed by atoms with Gasteiger partial charge in [-0.15, -0.1) is 6.42 Å². The minimum Gasteiger partial charge on any atom is -0.479 e. The van der Waals surface area contributed by atoms with E-state index in [1.807, 2.05) is 6.07 Å². The monoisotopic (exact) mass is 560 g/mol. The lowest BCUT2D eigenvalue weighted by Crippen LogP contribution is -2.48. The van der Waals surface area contributed by atoms with E-state index in [1.165, 1.54) is 10.9 Å². The van der Waals surface area contributed by atoms with Gasteiger partial charge in [-0.2, -0.15) is 14.6 Å². The van der Waals surface area contributed by atoms with Crippen LogP contribution < -0.4 is 0 Å². The molecule has 13 nitrogen and oxygen atoms in total. The van der Waals surface area contributed by atoms with Gasteiger partial charge in [-0.3, -0.25) is 4.57 Å². The van der Waals surface area contributed by atoms with Gasteiger partial charge >= 0.3 is 12.1 Å². The smallest absolute Gasteiger partial charge is 0.373 e. The number of hydrogen-bond acceptors (Lipinski definition) is 11. The summed E-state index contributed by atoms with van der Waals surface area (Å²) in [4.78, 5) is 40.7. The van der Waals surface area contributed by atoms with Crippen molar-refractivity contribution in [1.82, 2.24) is 19.5 Å². The van der Waals surface area contributed by atoms with Crippen molar-refractivity contribution in [3.05, 3.63) is 53.2 Å². The van der Waals surface area contributed by atoms with Gasteiger partial charge in [0.05, 0.1) is 18.6 Å². The zero-order valence-electron chi connectivity index (χ0n) is 20.4. The Bertz CT molecular complexity index is 1360. The summed E-state index contributed by atoms with van der Waals surface area (Å²) < 4.78 is 12.9. The average molecular weight is 561 g/mol. The van der Waals surface area contributed by atoms with E-state index < -0.39 is 42.7 Å². The molecule has 0 radical (unpaired) electrons. The van der Waals surface area contributed by atoms with Crippen LogP contribution in [0.2, 0.25) is 5.28 Å². The lowest BCUT2D eigenvalue weighted by atomic mass is 9.93. The number of carbonyl (C=O) groups excluding carboxylic acids is 2. The van der Waals surface area contributed by atoms with Crippen LogP contribution in [0, 0.1) is 12.3 Å². The van der Waals surface area contributed by atoms with Gasteiger partial charge in [-0.05, 0) is 30.0 Å². The predicted octanol–water partition coefficient (Wildman–Crippen LogP) is 0.156. The maximum absolute atomic E-state index is 11.8. The van der Waals surface area contributed by atoms with Crippen LogP contribution in [-0.4, -0.2) is 89.2 Å². The molecule has 0 spiro atoms. The van der Waals surface area contributed by atoms with Crippen LogP contribution in [-0.2, 0) is 36.7 Å². The van der Waals surface area contributed by atoms with E-state index in [0.29, 0.717) is 24.1 Å². The van der Waals surface area contributed by atoms with E-state index in [1.54, 1.807) is 24.3 Å². The summed E-state index contributed by atoms with van der Waals surface area (Å²) in [5.74, 6) is 0.972.